The molecule has 2 saturated heterocycles. The Morgan fingerprint density at radius 2 is 0.706 bits per heavy atom. The molecule has 23 nitrogen and oxygen atoms in total. The van der Waals surface area contributed by atoms with Crippen LogP contribution in [0.2, 0.25) is 0 Å². The van der Waals surface area contributed by atoms with Gasteiger partial charge in [0.1, 0.15) is 54.9 Å². The van der Waals surface area contributed by atoms with Crippen molar-refractivity contribution in [2.75, 3.05) is 26.4 Å². The molecule has 119 heavy (non-hydrogen) atoms. The third-order valence-electron chi connectivity index (χ3n) is 24.1. The standard InChI is InChI=1S/C95H181N2O21P/c1-7-13-19-25-31-37-38-44-50-55-61-67-85(103)114-79(65-59-53-47-41-34-28-22-16-10-4)70-72-112-92-88(97-84(102)74-80(66-60-54-48-42-35-29-23-17-11-5)115-86(104)68-62-56-49-43-36-30-24-18-12-6)95(117-81(75-98)90(92)118-119(108,109)110)113-76-82-89(105)91(111-71-69-77(99)63-57-51-45-39-32-26-20-14-8-2)87(93(116-82)94(106)107)96-83(101)73-78(100)64-58-52-46-40-33-27-21-15-9-3/h77-82,87-93,95,98-100,105H,7-76H2,1-6H3,(H,96,101)(H,97,102)(H,106,107)(H2,108,109,110)/t77-,78-,79-,80-,81-,82-,87-,88-,89-,90-,91-,92-,93+,95-/m1/s1. The second kappa shape index (κ2) is 76.3. The summed E-state index contributed by atoms with van der Waals surface area (Å²) in [6.07, 6.45) is 44.8. The Kier molecular flexibility index (Phi) is 72.0. The van der Waals surface area contributed by atoms with Crippen LogP contribution in [0.1, 0.15) is 465 Å². The molecule has 0 saturated carbocycles. The van der Waals surface area contributed by atoms with Gasteiger partial charge in [-0.3, -0.25) is 23.7 Å². The van der Waals surface area contributed by atoms with Gasteiger partial charge in [-0.2, -0.15) is 0 Å². The van der Waals surface area contributed by atoms with Crippen LogP contribution in [0.5, 0.6) is 0 Å². The zero-order valence-corrected chi connectivity index (χ0v) is 77.3. The molecule has 0 bridgehead atoms. The molecular formula is C95H181N2O21P. The molecule has 0 aromatic rings. The fraction of sp³-hybridized carbons (Fsp3) is 0.947. The molecule has 0 radical (unpaired) electrons. The van der Waals surface area contributed by atoms with Crippen LogP contribution in [0.25, 0.3) is 0 Å². The van der Waals surface area contributed by atoms with Crippen LogP contribution < -0.4 is 10.6 Å². The number of esters is 2. The van der Waals surface area contributed by atoms with Crippen LogP contribution in [0.3, 0.4) is 0 Å². The van der Waals surface area contributed by atoms with Crippen molar-refractivity contribution in [2.45, 2.75) is 551 Å². The first-order valence-electron chi connectivity index (χ1n) is 49.5. The average Bonchev–Trinajstić information content (AvgIpc) is 0.782. The number of hydrogen-bond acceptors (Lipinski definition) is 18. The van der Waals surface area contributed by atoms with Gasteiger partial charge in [0.05, 0.1) is 50.9 Å². The molecule has 0 unspecified atom stereocenters. The Bertz CT molecular complexity index is 2450. The summed E-state index contributed by atoms with van der Waals surface area (Å²) in [6.45, 7) is 11.1. The number of aliphatic hydroxyl groups is 4. The summed E-state index contributed by atoms with van der Waals surface area (Å²) in [5.41, 5.74) is 0. The van der Waals surface area contributed by atoms with E-state index in [4.69, 9.17) is 37.7 Å². The molecule has 702 valence electrons. The van der Waals surface area contributed by atoms with E-state index in [1.165, 1.54) is 167 Å². The van der Waals surface area contributed by atoms with Crippen molar-refractivity contribution in [3.63, 3.8) is 0 Å². The third-order valence-corrected chi connectivity index (χ3v) is 24.6. The number of rotatable bonds is 85. The summed E-state index contributed by atoms with van der Waals surface area (Å²) < 4.78 is 63.5. The number of ether oxygens (including phenoxy) is 7. The zero-order valence-electron chi connectivity index (χ0n) is 76.4. The Labute approximate surface area is 723 Å². The van der Waals surface area contributed by atoms with E-state index < -0.39 is 130 Å². The minimum absolute atomic E-state index is 0.109. The summed E-state index contributed by atoms with van der Waals surface area (Å²) in [7, 11) is -5.49. The van der Waals surface area contributed by atoms with Crippen LogP contribution >= 0.6 is 7.82 Å². The summed E-state index contributed by atoms with van der Waals surface area (Å²) in [4.78, 5) is 91.7. The minimum atomic E-state index is -5.49. The number of aliphatic carboxylic acids is 1. The highest BCUT2D eigenvalue weighted by atomic mass is 31.2. The van der Waals surface area contributed by atoms with Gasteiger partial charge in [0.15, 0.2) is 12.4 Å². The molecule has 2 aliphatic rings. The van der Waals surface area contributed by atoms with E-state index in [2.05, 4.69) is 52.2 Å². The molecule has 9 N–H and O–H groups in total. The van der Waals surface area contributed by atoms with Crippen molar-refractivity contribution in [3.05, 3.63) is 0 Å². The van der Waals surface area contributed by atoms with Gasteiger partial charge in [0.2, 0.25) is 11.8 Å². The largest absolute Gasteiger partial charge is 0.479 e. The lowest BCUT2D eigenvalue weighted by Gasteiger charge is -2.47. The first-order chi connectivity index (χ1) is 57.7. The molecule has 0 aromatic carbocycles. The number of nitrogens with one attached hydrogen (secondary N) is 2. The number of amides is 2. The summed E-state index contributed by atoms with van der Waals surface area (Å²) >= 11 is 0. The number of carboxylic acids is 1. The number of phosphoric acid groups is 1. The number of hydrogen-bond donors (Lipinski definition) is 9. The molecule has 0 aliphatic carbocycles. The lowest BCUT2D eigenvalue weighted by molar-refractivity contribution is -0.289. The number of phosphoric ester groups is 1. The Morgan fingerprint density at radius 1 is 0.370 bits per heavy atom. The van der Waals surface area contributed by atoms with Gasteiger partial charge in [-0.1, -0.05) is 375 Å². The lowest BCUT2D eigenvalue weighted by Crippen LogP contribution is -2.68. The molecule has 2 aliphatic heterocycles. The third kappa shape index (κ3) is 59.7. The van der Waals surface area contributed by atoms with Gasteiger partial charge in [-0.05, 0) is 57.8 Å². The molecule has 0 aromatic heterocycles. The molecular weight excluding hydrogens is 1540 g/mol. The van der Waals surface area contributed by atoms with E-state index in [1.54, 1.807) is 0 Å². The Hall–Kier alpha value is -2.90. The molecule has 2 heterocycles. The molecule has 0 spiro atoms. The number of carbonyl (C=O) groups is 5. The van der Waals surface area contributed by atoms with E-state index in [-0.39, 0.29) is 57.7 Å². The van der Waals surface area contributed by atoms with Crippen molar-refractivity contribution in [1.82, 2.24) is 10.6 Å². The van der Waals surface area contributed by atoms with Gasteiger partial charge in [0.25, 0.3) is 0 Å². The van der Waals surface area contributed by atoms with E-state index in [0.29, 0.717) is 51.4 Å². The monoisotopic (exact) mass is 1720 g/mol. The van der Waals surface area contributed by atoms with Gasteiger partial charge < -0.3 is 79.1 Å². The first-order valence-corrected chi connectivity index (χ1v) is 51.0. The molecule has 14 atom stereocenters. The van der Waals surface area contributed by atoms with Crippen molar-refractivity contribution < 1.29 is 102 Å². The molecule has 2 amide bonds. The van der Waals surface area contributed by atoms with Gasteiger partial charge >= 0.3 is 25.7 Å². The van der Waals surface area contributed by atoms with Crippen molar-refractivity contribution in [2.24, 2.45) is 0 Å². The smallest absolute Gasteiger partial charge is 0.470 e. The second-order valence-corrected chi connectivity index (χ2v) is 36.4. The van der Waals surface area contributed by atoms with Crippen molar-refractivity contribution >= 4 is 37.5 Å². The van der Waals surface area contributed by atoms with Crippen LogP contribution in [0, 0.1) is 0 Å². The van der Waals surface area contributed by atoms with Gasteiger partial charge in [-0.15, -0.1) is 0 Å². The maximum Gasteiger partial charge on any atom is 0.470 e. The fourth-order valence-corrected chi connectivity index (χ4v) is 17.3. The van der Waals surface area contributed by atoms with Gasteiger partial charge in [-0.25, -0.2) is 9.36 Å². The van der Waals surface area contributed by atoms with E-state index >= 15 is 4.79 Å². The van der Waals surface area contributed by atoms with Gasteiger partial charge in [0, 0.05) is 25.9 Å². The summed E-state index contributed by atoms with van der Waals surface area (Å²) in [5.74, 6) is -3.72. The van der Waals surface area contributed by atoms with Crippen LogP contribution in [0.15, 0.2) is 0 Å². The first kappa shape index (κ1) is 112. The Balaban J connectivity index is 2.72. The maximum absolute atomic E-state index is 15.1. The average molecular weight is 1720 g/mol. The normalized spacial score (nSPS) is 20.6. The quantitative estimate of drug-likeness (QED) is 0.0155. The molecule has 2 fully saturated rings. The number of aliphatic hydroxyl groups excluding tert-OH is 4. The van der Waals surface area contributed by atoms with Crippen LogP contribution in [0.4, 0.5) is 0 Å². The zero-order chi connectivity index (χ0) is 87.0. The van der Waals surface area contributed by atoms with Crippen molar-refractivity contribution in [1.29, 1.82) is 0 Å². The Morgan fingerprint density at radius 3 is 1.10 bits per heavy atom. The highest BCUT2D eigenvalue weighted by Gasteiger charge is 2.54. The number of unbranched alkanes of at least 4 members (excludes halogenated alkanes) is 50. The number of carboxylic acid groups (broad SMARTS) is 1. The topological polar surface area (TPSA) is 342 Å². The lowest BCUT2D eigenvalue weighted by atomic mass is 9.91. The van der Waals surface area contributed by atoms with Crippen LogP contribution in [-0.4, -0.2) is 177 Å². The van der Waals surface area contributed by atoms with E-state index in [0.717, 1.165) is 167 Å². The molecule has 2 rings (SSSR count). The highest BCUT2D eigenvalue weighted by Crippen LogP contribution is 2.43. The fourth-order valence-electron chi connectivity index (χ4n) is 16.7. The second-order valence-electron chi connectivity index (χ2n) is 35.3. The van der Waals surface area contributed by atoms with E-state index in [9.17, 15) is 59.1 Å². The van der Waals surface area contributed by atoms with Crippen molar-refractivity contribution in [3.8, 4) is 0 Å². The highest BCUT2D eigenvalue weighted by molar-refractivity contribution is 7.46. The summed E-state index contributed by atoms with van der Waals surface area (Å²) in [6, 6.07) is -3.12. The number of carbonyl (C=O) groups excluding carboxylic acids is 4. The predicted molar refractivity (Wildman–Crippen MR) is 475 cm³/mol. The maximum atomic E-state index is 15.1. The van der Waals surface area contributed by atoms with Crippen LogP contribution in [-0.2, 0) is 66.2 Å². The summed E-state index contributed by atoms with van der Waals surface area (Å²) in [5, 5.41) is 62.9. The SMILES string of the molecule is CCCCCCCCCCCCCC(=O)O[C@H](CCCCCCCCCCC)CCO[C@@H]1[C@@H](NC(=O)C[C@@H](CCCCCCCCCCC)OC(=O)CCCCCCCCCCC)[C@H](OC[C@H]2O[C@H](C(=O)O)[C@H](NC(=O)C[C@H](O)CCCCCCCCCCC)[C@@H](OCC[C@H](O)CCCCCCCCCCC)[C@@H]2O)O[C@H](CO)[C@H]1OP(=O)(O)O. The predicted octanol–water partition coefficient (Wildman–Crippen LogP) is 21.6. The van der Waals surface area contributed by atoms with E-state index in [1.807, 2.05) is 0 Å². The minimum Gasteiger partial charge on any atom is -0.479 e. The molecule has 24 heteroatoms.